The number of aromatic amines is 1. The molecule has 0 saturated heterocycles. The normalized spacial score (nSPS) is 39.9. The first-order valence-corrected chi connectivity index (χ1v) is 16.5. The van der Waals surface area contributed by atoms with Gasteiger partial charge in [0.15, 0.2) is 0 Å². The highest BCUT2D eigenvalue weighted by Crippen LogP contribution is 2.70. The Balaban J connectivity index is 1.08. The maximum Gasteiger partial charge on any atom is 0.331 e. The second-order valence-electron chi connectivity index (χ2n) is 14.5. The largest absolute Gasteiger partial charge is 0.458 e. The quantitative estimate of drug-likeness (QED) is 0.181. The molecule has 5 N–H and O–H groups in total. The molecule has 44 heavy (non-hydrogen) atoms. The van der Waals surface area contributed by atoms with E-state index in [0.29, 0.717) is 51.6 Å². The number of rotatable bonds is 7. The van der Waals surface area contributed by atoms with Crippen molar-refractivity contribution in [1.29, 1.82) is 0 Å². The number of cyclic esters (lactones) is 1. The van der Waals surface area contributed by atoms with E-state index in [9.17, 15) is 24.9 Å². The maximum atomic E-state index is 12.9. The molecule has 8 atom stereocenters. The number of aliphatic hydroxyl groups is 3. The van der Waals surface area contributed by atoms with Gasteiger partial charge in [-0.25, -0.2) is 10.2 Å². The molecule has 9 nitrogen and oxygen atoms in total. The van der Waals surface area contributed by atoms with E-state index in [4.69, 9.17) is 4.74 Å². The number of carbonyl (C=O) groups is 2. The molecule has 0 radical (unpaired) electrons. The topological polar surface area (TPSA) is 144 Å². The molecule has 2 heterocycles. The standard InChI is InChI=1S/C35H45N3O6/c1-32-13-10-27-28(35(32,43)16-12-26(32)23-17-31(41)44-20-23)11-15-34(42)18-24(39)9-14-33(27,34)21-37-38-30(40)8-4-5-22-19-36-29-7-3-2-6-25(22)29/h2-3,6-7,17,19,21,24,26-28,36,39,42-43H,4-5,8-16,18,20H2,1H3,(H,38,40)/b37-21-/t24-,26+,27+,28-,32-,33+,34+,35+/m1/s1. The van der Waals surface area contributed by atoms with Crippen molar-refractivity contribution in [3.8, 4) is 0 Å². The zero-order valence-corrected chi connectivity index (χ0v) is 25.6. The van der Waals surface area contributed by atoms with Crippen LogP contribution in [-0.2, 0) is 20.7 Å². The molecule has 4 aliphatic carbocycles. The molecular formula is C35H45N3O6. The highest BCUT2D eigenvalue weighted by molar-refractivity contribution is 5.85. The van der Waals surface area contributed by atoms with E-state index in [0.717, 1.165) is 36.8 Å². The van der Waals surface area contributed by atoms with Crippen molar-refractivity contribution >= 4 is 29.0 Å². The Labute approximate surface area is 258 Å². The van der Waals surface area contributed by atoms with Crippen LogP contribution in [0.4, 0.5) is 0 Å². The van der Waals surface area contributed by atoms with Crippen LogP contribution in [0.15, 0.2) is 47.2 Å². The number of hydrazone groups is 1. The first kappa shape index (κ1) is 29.7. The van der Waals surface area contributed by atoms with Gasteiger partial charge in [-0.05, 0) is 99.2 Å². The van der Waals surface area contributed by atoms with Gasteiger partial charge in [0, 0.05) is 53.1 Å². The average molecular weight is 604 g/mol. The van der Waals surface area contributed by atoms with Crippen molar-refractivity contribution in [3.63, 3.8) is 0 Å². The van der Waals surface area contributed by atoms with E-state index >= 15 is 0 Å². The Morgan fingerprint density at radius 1 is 1.11 bits per heavy atom. The van der Waals surface area contributed by atoms with Crippen molar-refractivity contribution in [2.45, 2.75) is 101 Å². The van der Waals surface area contributed by atoms with Gasteiger partial charge in [-0.3, -0.25) is 4.79 Å². The lowest BCUT2D eigenvalue weighted by Crippen LogP contribution is -2.68. The number of nitrogens with zero attached hydrogens (tertiary/aromatic N) is 1. The Kier molecular flexibility index (Phi) is 7.29. The first-order chi connectivity index (χ1) is 21.1. The van der Waals surface area contributed by atoms with Crippen LogP contribution in [0.2, 0.25) is 0 Å². The van der Waals surface area contributed by atoms with Gasteiger partial charge < -0.3 is 25.0 Å². The maximum absolute atomic E-state index is 12.9. The van der Waals surface area contributed by atoms with E-state index < -0.39 is 28.1 Å². The molecule has 2 aromatic rings. The number of ether oxygens (including phenoxy) is 1. The Morgan fingerprint density at radius 2 is 1.93 bits per heavy atom. The lowest BCUT2D eigenvalue weighted by Gasteiger charge is -2.65. The summed E-state index contributed by atoms with van der Waals surface area (Å²) >= 11 is 0. The highest BCUT2D eigenvalue weighted by Gasteiger charge is 2.71. The lowest BCUT2D eigenvalue weighted by atomic mass is 9.41. The Hall–Kier alpha value is -3.01. The third kappa shape index (κ3) is 4.49. The van der Waals surface area contributed by atoms with Crippen LogP contribution in [0.1, 0.15) is 83.1 Å². The summed E-state index contributed by atoms with van der Waals surface area (Å²) in [6.45, 7) is 2.48. The number of carbonyl (C=O) groups excluding carboxylic acids is 2. The van der Waals surface area contributed by atoms with Crippen molar-refractivity contribution in [2.75, 3.05) is 6.61 Å². The van der Waals surface area contributed by atoms with Crippen LogP contribution in [0, 0.1) is 28.6 Å². The van der Waals surface area contributed by atoms with Crippen molar-refractivity contribution in [3.05, 3.63) is 47.7 Å². The summed E-state index contributed by atoms with van der Waals surface area (Å²) in [5, 5.41) is 41.0. The molecule has 236 valence electrons. The predicted molar refractivity (Wildman–Crippen MR) is 165 cm³/mol. The van der Waals surface area contributed by atoms with E-state index in [1.165, 1.54) is 10.9 Å². The van der Waals surface area contributed by atoms with Gasteiger partial charge in [0.05, 0.1) is 17.3 Å². The number of amides is 1. The fourth-order valence-electron chi connectivity index (χ4n) is 10.4. The SMILES string of the molecule is C[C@]12CC[C@H]3[C@@H](CC[C@]4(O)C[C@H](O)CC[C@]34/C=N\NC(=O)CCCc3c[nH]c4ccccc34)[C@@]1(O)CC[C@H]2C1=CC(=O)OC1. The third-order valence-corrected chi connectivity index (χ3v) is 12.6. The second-order valence-corrected chi connectivity index (χ2v) is 14.5. The number of aliphatic hydroxyl groups excluding tert-OH is 1. The summed E-state index contributed by atoms with van der Waals surface area (Å²) in [6.07, 6.45) is 12.1. The second kappa shape index (κ2) is 10.8. The van der Waals surface area contributed by atoms with Crippen LogP contribution >= 0.6 is 0 Å². The van der Waals surface area contributed by atoms with Gasteiger partial charge in [-0.2, -0.15) is 5.10 Å². The minimum Gasteiger partial charge on any atom is -0.458 e. The molecule has 0 spiro atoms. The summed E-state index contributed by atoms with van der Waals surface area (Å²) in [5.74, 6) is -0.477. The number of benzene rings is 1. The number of esters is 1. The Morgan fingerprint density at radius 3 is 2.75 bits per heavy atom. The van der Waals surface area contributed by atoms with Gasteiger partial charge in [-0.15, -0.1) is 0 Å². The number of nitrogens with one attached hydrogen (secondary N) is 2. The molecular weight excluding hydrogens is 558 g/mol. The van der Waals surface area contributed by atoms with Crippen molar-refractivity contribution < 1.29 is 29.6 Å². The van der Waals surface area contributed by atoms with E-state index in [-0.39, 0.29) is 36.1 Å². The molecule has 0 bridgehead atoms. The predicted octanol–water partition coefficient (Wildman–Crippen LogP) is 4.31. The number of fused-ring (bicyclic) bond motifs is 6. The summed E-state index contributed by atoms with van der Waals surface area (Å²) in [7, 11) is 0. The minimum absolute atomic E-state index is 0.0384. The van der Waals surface area contributed by atoms with Gasteiger partial charge in [0.1, 0.15) is 6.61 Å². The van der Waals surface area contributed by atoms with Crippen LogP contribution < -0.4 is 5.43 Å². The van der Waals surface area contributed by atoms with Crippen LogP contribution in [-0.4, -0.2) is 62.3 Å². The first-order valence-electron chi connectivity index (χ1n) is 16.5. The summed E-state index contributed by atoms with van der Waals surface area (Å²) in [5.41, 5.74) is 2.75. The number of hydrogen-bond donors (Lipinski definition) is 5. The van der Waals surface area contributed by atoms with Crippen LogP contribution in [0.3, 0.4) is 0 Å². The number of hydrogen-bond acceptors (Lipinski definition) is 7. The van der Waals surface area contributed by atoms with E-state index in [1.54, 1.807) is 12.3 Å². The molecule has 5 aliphatic rings. The van der Waals surface area contributed by atoms with Gasteiger partial charge >= 0.3 is 5.97 Å². The molecule has 4 saturated carbocycles. The highest BCUT2D eigenvalue weighted by atomic mass is 16.5. The summed E-state index contributed by atoms with van der Waals surface area (Å²) < 4.78 is 5.25. The molecule has 4 fully saturated rings. The molecule has 1 aliphatic heterocycles. The van der Waals surface area contributed by atoms with Gasteiger partial charge in [-0.1, -0.05) is 25.1 Å². The fourth-order valence-corrected chi connectivity index (χ4v) is 10.4. The minimum atomic E-state index is -1.16. The summed E-state index contributed by atoms with van der Waals surface area (Å²) in [4.78, 5) is 28.0. The third-order valence-electron chi connectivity index (χ3n) is 12.6. The van der Waals surface area contributed by atoms with E-state index in [1.807, 2.05) is 24.4 Å². The van der Waals surface area contributed by atoms with Crippen LogP contribution in [0.25, 0.3) is 10.9 Å². The summed E-state index contributed by atoms with van der Waals surface area (Å²) in [6, 6.07) is 8.14. The number of para-hydroxylation sites is 1. The zero-order valence-electron chi connectivity index (χ0n) is 25.6. The zero-order chi connectivity index (χ0) is 30.7. The van der Waals surface area contributed by atoms with Crippen LogP contribution in [0.5, 0.6) is 0 Å². The lowest BCUT2D eigenvalue weighted by molar-refractivity contribution is -0.237. The van der Waals surface area contributed by atoms with Gasteiger partial charge in [0.2, 0.25) is 5.91 Å². The molecule has 7 rings (SSSR count). The number of H-pyrrole nitrogens is 1. The molecule has 1 aromatic carbocycles. The van der Waals surface area contributed by atoms with Gasteiger partial charge in [0.25, 0.3) is 0 Å². The molecule has 1 amide bonds. The van der Waals surface area contributed by atoms with E-state index in [2.05, 4.69) is 28.5 Å². The van der Waals surface area contributed by atoms with Crippen molar-refractivity contribution in [1.82, 2.24) is 10.4 Å². The Bertz CT molecular complexity index is 1520. The monoisotopic (exact) mass is 603 g/mol. The molecule has 1 aromatic heterocycles. The average Bonchev–Trinajstić information content (AvgIpc) is 3.68. The molecule has 0 unspecified atom stereocenters. The number of aromatic nitrogens is 1. The number of aryl methyl sites for hydroxylation is 1. The smallest absolute Gasteiger partial charge is 0.331 e. The fraction of sp³-hybridized carbons (Fsp3) is 0.629. The van der Waals surface area contributed by atoms with Crippen molar-refractivity contribution in [2.24, 2.45) is 33.7 Å². The molecule has 9 heteroatoms.